The topological polar surface area (TPSA) is 118 Å². The van der Waals surface area contributed by atoms with E-state index in [9.17, 15) is 19.8 Å². The Hall–Kier alpha value is -2.68. The van der Waals surface area contributed by atoms with Gasteiger partial charge in [-0.3, -0.25) is 14.3 Å². The summed E-state index contributed by atoms with van der Waals surface area (Å²) in [4.78, 5) is 26.9. The number of furan rings is 1. The van der Waals surface area contributed by atoms with Crippen LogP contribution in [0.5, 0.6) is 0 Å². The predicted octanol–water partition coefficient (Wildman–Crippen LogP) is 0.591. The summed E-state index contributed by atoms with van der Waals surface area (Å²) in [6.07, 6.45) is 0.841. The molecule has 8 nitrogen and oxygen atoms in total. The highest BCUT2D eigenvalue weighted by atomic mass is 16.5. The van der Waals surface area contributed by atoms with Gasteiger partial charge in [-0.15, -0.1) is 0 Å². The van der Waals surface area contributed by atoms with E-state index >= 15 is 0 Å². The van der Waals surface area contributed by atoms with E-state index < -0.39 is 29.7 Å². The average molecular weight is 344 g/mol. The van der Waals surface area contributed by atoms with Gasteiger partial charge in [-0.25, -0.2) is 4.79 Å². The summed E-state index contributed by atoms with van der Waals surface area (Å²) in [6, 6.07) is 6.88. The van der Waals surface area contributed by atoms with Gasteiger partial charge in [-0.1, -0.05) is 6.07 Å². The predicted molar refractivity (Wildman–Crippen MR) is 88.2 cm³/mol. The van der Waals surface area contributed by atoms with E-state index in [-0.39, 0.29) is 13.0 Å². The minimum Gasteiger partial charge on any atom is -0.472 e. The van der Waals surface area contributed by atoms with E-state index in [0.717, 1.165) is 11.1 Å². The van der Waals surface area contributed by atoms with Crippen molar-refractivity contribution in [2.24, 2.45) is 0 Å². The van der Waals surface area contributed by atoms with Crippen LogP contribution in [0, 0.1) is 0 Å². The van der Waals surface area contributed by atoms with Gasteiger partial charge >= 0.3 is 5.69 Å². The first-order valence-electron chi connectivity index (χ1n) is 7.84. The molecule has 3 atom stereocenters. The number of hydrogen-bond donors (Lipinski definition) is 3. The molecule has 8 heteroatoms. The van der Waals surface area contributed by atoms with Crippen LogP contribution >= 0.6 is 0 Å². The van der Waals surface area contributed by atoms with Crippen LogP contribution in [0.1, 0.15) is 12.6 Å². The van der Waals surface area contributed by atoms with Crippen molar-refractivity contribution in [2.75, 3.05) is 6.61 Å². The Morgan fingerprint density at radius 1 is 1.24 bits per heavy atom. The van der Waals surface area contributed by atoms with Gasteiger partial charge in [-0.05, 0) is 23.8 Å². The van der Waals surface area contributed by atoms with Crippen LogP contribution in [0.15, 0.2) is 50.8 Å². The number of H-pyrrole nitrogens is 1. The van der Waals surface area contributed by atoms with Crippen molar-refractivity contribution in [3.8, 4) is 11.1 Å². The van der Waals surface area contributed by atoms with Gasteiger partial charge in [0.1, 0.15) is 12.3 Å². The van der Waals surface area contributed by atoms with E-state index in [0.29, 0.717) is 10.9 Å². The number of aromatic amines is 1. The van der Waals surface area contributed by atoms with Gasteiger partial charge in [0.15, 0.2) is 0 Å². The largest absolute Gasteiger partial charge is 0.472 e. The second-order valence-corrected chi connectivity index (χ2v) is 5.99. The molecule has 0 bridgehead atoms. The van der Waals surface area contributed by atoms with Crippen LogP contribution in [0.3, 0.4) is 0 Å². The van der Waals surface area contributed by atoms with Crippen molar-refractivity contribution in [3.63, 3.8) is 0 Å². The first kappa shape index (κ1) is 15.8. The Balaban J connectivity index is 1.88. The van der Waals surface area contributed by atoms with Gasteiger partial charge in [0.2, 0.25) is 0 Å². The molecule has 0 radical (unpaired) electrons. The lowest BCUT2D eigenvalue weighted by atomic mass is 10.1. The lowest BCUT2D eigenvalue weighted by Crippen LogP contribution is -2.33. The molecule has 0 spiro atoms. The van der Waals surface area contributed by atoms with Crippen molar-refractivity contribution in [1.29, 1.82) is 0 Å². The third-order valence-electron chi connectivity index (χ3n) is 4.47. The summed E-state index contributed by atoms with van der Waals surface area (Å²) in [5.41, 5.74) is 0.865. The molecule has 1 saturated heterocycles. The monoisotopic (exact) mass is 344 g/mol. The Morgan fingerprint density at radius 2 is 2.08 bits per heavy atom. The molecule has 1 aliphatic rings. The fraction of sp³-hybridized carbons (Fsp3) is 0.294. The zero-order chi connectivity index (χ0) is 17.6. The summed E-state index contributed by atoms with van der Waals surface area (Å²) in [6.45, 7) is -0.349. The van der Waals surface area contributed by atoms with Gasteiger partial charge in [0.05, 0.1) is 36.1 Å². The van der Waals surface area contributed by atoms with Crippen LogP contribution in [0.2, 0.25) is 0 Å². The SMILES string of the molecule is O=c1[nH]c(=O)n([C@H]2C[C@H](O)[C@@H](CO)O2)c2ccc(-c3ccoc3)cc12. The lowest BCUT2D eigenvalue weighted by molar-refractivity contribution is -0.0443. The van der Waals surface area contributed by atoms with Gasteiger partial charge in [0.25, 0.3) is 5.56 Å². The maximum Gasteiger partial charge on any atom is 0.330 e. The molecule has 25 heavy (non-hydrogen) atoms. The van der Waals surface area contributed by atoms with Crippen LogP contribution in [-0.4, -0.2) is 38.6 Å². The highest BCUT2D eigenvalue weighted by molar-refractivity contribution is 5.84. The van der Waals surface area contributed by atoms with Crippen molar-refractivity contribution < 1.29 is 19.4 Å². The standard InChI is InChI=1S/C17H16N2O6/c20-7-14-13(21)6-15(25-14)19-12-2-1-9(10-3-4-24-8-10)5-11(12)16(22)18-17(19)23/h1-5,8,13-15,20-21H,6-7H2,(H,18,22,23)/t13-,14+,15+/m0/s1. The van der Waals surface area contributed by atoms with Crippen molar-refractivity contribution in [3.05, 3.63) is 57.6 Å². The first-order valence-corrected chi connectivity index (χ1v) is 7.84. The fourth-order valence-corrected chi connectivity index (χ4v) is 3.19. The second-order valence-electron chi connectivity index (χ2n) is 5.99. The Labute approximate surface area is 140 Å². The molecule has 0 saturated carbocycles. The number of benzene rings is 1. The molecule has 0 amide bonds. The van der Waals surface area contributed by atoms with Crippen molar-refractivity contribution in [1.82, 2.24) is 9.55 Å². The number of aliphatic hydroxyl groups excluding tert-OH is 2. The third-order valence-corrected chi connectivity index (χ3v) is 4.47. The number of hydrogen-bond acceptors (Lipinski definition) is 6. The van der Waals surface area contributed by atoms with Gasteiger partial charge in [-0.2, -0.15) is 0 Å². The molecule has 130 valence electrons. The number of aliphatic hydroxyl groups is 2. The molecular formula is C17H16N2O6. The summed E-state index contributed by atoms with van der Waals surface area (Å²) in [5.74, 6) is 0. The van der Waals surface area contributed by atoms with Gasteiger partial charge in [0, 0.05) is 12.0 Å². The number of nitrogens with one attached hydrogen (secondary N) is 1. The van der Waals surface area contributed by atoms with E-state index in [4.69, 9.17) is 9.15 Å². The molecule has 1 aromatic carbocycles. The summed E-state index contributed by atoms with van der Waals surface area (Å²) < 4.78 is 11.9. The minimum absolute atomic E-state index is 0.149. The highest BCUT2D eigenvalue weighted by Crippen LogP contribution is 2.30. The molecule has 0 aliphatic carbocycles. The molecule has 0 unspecified atom stereocenters. The first-order chi connectivity index (χ1) is 12.1. The maximum absolute atomic E-state index is 12.3. The molecular weight excluding hydrogens is 328 g/mol. The van der Waals surface area contributed by atoms with E-state index in [1.54, 1.807) is 30.5 Å². The zero-order valence-corrected chi connectivity index (χ0v) is 13.1. The number of rotatable bonds is 3. The third kappa shape index (κ3) is 2.60. The quantitative estimate of drug-likeness (QED) is 0.640. The minimum atomic E-state index is -0.880. The number of fused-ring (bicyclic) bond motifs is 1. The van der Waals surface area contributed by atoms with Crippen molar-refractivity contribution >= 4 is 10.9 Å². The van der Waals surface area contributed by atoms with Crippen LogP contribution < -0.4 is 11.2 Å². The van der Waals surface area contributed by atoms with Crippen LogP contribution in [0.4, 0.5) is 0 Å². The zero-order valence-electron chi connectivity index (χ0n) is 13.1. The number of nitrogens with zero attached hydrogens (tertiary/aromatic N) is 1. The summed E-state index contributed by atoms with van der Waals surface area (Å²) in [7, 11) is 0. The highest BCUT2D eigenvalue weighted by Gasteiger charge is 2.35. The number of ether oxygens (including phenoxy) is 1. The molecule has 1 fully saturated rings. The van der Waals surface area contributed by atoms with Gasteiger partial charge < -0.3 is 19.4 Å². The molecule has 3 aromatic rings. The Bertz CT molecular complexity index is 1020. The van der Waals surface area contributed by atoms with Crippen LogP contribution in [-0.2, 0) is 4.74 Å². The number of aromatic nitrogens is 2. The molecule has 4 rings (SSSR count). The Morgan fingerprint density at radius 3 is 2.76 bits per heavy atom. The molecule has 3 N–H and O–H groups in total. The van der Waals surface area contributed by atoms with E-state index in [1.165, 1.54) is 10.8 Å². The molecule has 1 aliphatic heterocycles. The summed E-state index contributed by atoms with van der Waals surface area (Å²) in [5, 5.41) is 19.5. The molecule has 3 heterocycles. The fourth-order valence-electron chi connectivity index (χ4n) is 3.19. The van der Waals surface area contributed by atoms with Crippen molar-refractivity contribution in [2.45, 2.75) is 24.9 Å². The van der Waals surface area contributed by atoms with E-state index in [1.807, 2.05) is 0 Å². The molecule has 2 aromatic heterocycles. The smallest absolute Gasteiger partial charge is 0.330 e. The Kier molecular flexibility index (Phi) is 3.79. The average Bonchev–Trinajstić information content (AvgIpc) is 3.24. The normalized spacial score (nSPS) is 23.4. The summed E-state index contributed by atoms with van der Waals surface area (Å²) >= 11 is 0. The second kappa shape index (κ2) is 5.99. The maximum atomic E-state index is 12.3. The van der Waals surface area contributed by atoms with E-state index in [2.05, 4.69) is 4.98 Å². The lowest BCUT2D eigenvalue weighted by Gasteiger charge is -2.17. The van der Waals surface area contributed by atoms with Crippen LogP contribution in [0.25, 0.3) is 22.0 Å².